The van der Waals surface area contributed by atoms with Crippen molar-refractivity contribution in [2.24, 2.45) is 5.92 Å². The second-order valence-corrected chi connectivity index (χ2v) is 10.4. The first-order valence-electron chi connectivity index (χ1n) is 10.8. The molecule has 1 atom stereocenters. The topological polar surface area (TPSA) is 118 Å². The number of sulfonamides is 1. The van der Waals surface area contributed by atoms with Gasteiger partial charge in [0.1, 0.15) is 18.2 Å². The summed E-state index contributed by atoms with van der Waals surface area (Å²) in [7, 11) is -4.01. The summed E-state index contributed by atoms with van der Waals surface area (Å²) in [5.74, 6) is -2.47. The van der Waals surface area contributed by atoms with Gasteiger partial charge in [0, 0.05) is 24.0 Å². The van der Waals surface area contributed by atoms with Crippen LogP contribution in [0.5, 0.6) is 0 Å². The molecule has 0 spiro atoms. The quantitative estimate of drug-likeness (QED) is 0.495. The van der Waals surface area contributed by atoms with Gasteiger partial charge in [-0.1, -0.05) is 0 Å². The van der Waals surface area contributed by atoms with Crippen molar-refractivity contribution in [1.82, 2.24) is 29.6 Å². The highest BCUT2D eigenvalue weighted by Gasteiger charge is 2.58. The third kappa shape index (κ3) is 4.41. The van der Waals surface area contributed by atoms with E-state index in [9.17, 15) is 30.8 Å². The van der Waals surface area contributed by atoms with E-state index in [-0.39, 0.29) is 34.7 Å². The number of fused-ring (bicyclic) bond motifs is 1. The molecule has 0 unspecified atom stereocenters. The predicted molar refractivity (Wildman–Crippen MR) is 116 cm³/mol. The molecule has 6 rings (SSSR count). The van der Waals surface area contributed by atoms with Gasteiger partial charge in [-0.2, -0.15) is 17.5 Å². The van der Waals surface area contributed by atoms with Crippen LogP contribution in [0.3, 0.4) is 0 Å². The van der Waals surface area contributed by atoms with Crippen molar-refractivity contribution >= 4 is 15.9 Å². The van der Waals surface area contributed by atoms with Crippen molar-refractivity contribution in [1.29, 1.82) is 0 Å². The Bertz CT molecular complexity index is 1390. The Morgan fingerprint density at radius 2 is 1.72 bits per heavy atom. The summed E-state index contributed by atoms with van der Waals surface area (Å²) in [5, 5.41) is 2.69. The van der Waals surface area contributed by atoms with E-state index in [1.165, 1.54) is 28.8 Å². The van der Waals surface area contributed by atoms with E-state index in [4.69, 9.17) is 0 Å². The molecule has 9 nitrogen and oxygen atoms in total. The zero-order valence-corrected chi connectivity index (χ0v) is 19.2. The Hall–Kier alpha value is -3.52. The minimum atomic E-state index is -4.67. The first kappa shape index (κ1) is 24.2. The molecule has 1 amide bonds. The average Bonchev–Trinajstić information content (AvgIpc) is 3.40. The molecule has 1 N–H and O–H groups in total. The fraction of sp³-hybridized carbons (Fsp3) is 0.318. The maximum Gasteiger partial charge on any atom is 0.451 e. The number of alkyl halides is 3. The van der Waals surface area contributed by atoms with Gasteiger partial charge in [-0.25, -0.2) is 32.7 Å². The summed E-state index contributed by atoms with van der Waals surface area (Å²) < 4.78 is 78.9. The standard InChI is InChI=1S/C22H18F4N6O3S/c23-14-1-3-17(4-2-14)36(34,35)32-16-5-12(6-16)19(32)20(33)27-10-15-7-18(31-11-30-15)13-8-28-21(29-9-13)22(24,25)26/h1-4,7-9,11-12,16,19H,5-6,10H2,(H,27,33)/t12?,16?,19-/m0/s1. The normalized spacial score (nSPS) is 21.7. The number of halogens is 4. The van der Waals surface area contributed by atoms with Crippen molar-refractivity contribution in [3.63, 3.8) is 0 Å². The lowest BCUT2D eigenvalue weighted by molar-refractivity contribution is -0.145. The van der Waals surface area contributed by atoms with Crippen molar-refractivity contribution < 1.29 is 30.8 Å². The number of rotatable bonds is 6. The Morgan fingerprint density at radius 1 is 1.06 bits per heavy atom. The maximum absolute atomic E-state index is 13.3. The summed E-state index contributed by atoms with van der Waals surface area (Å²) in [6.07, 6.45) is -0.381. The monoisotopic (exact) mass is 522 g/mol. The Balaban J connectivity index is 1.29. The largest absolute Gasteiger partial charge is 0.451 e. The number of carbonyl (C=O) groups excluding carboxylic acids is 1. The Kier molecular flexibility index (Phi) is 5.95. The number of nitrogens with one attached hydrogen (secondary N) is 1. The molecule has 1 saturated carbocycles. The van der Waals surface area contributed by atoms with E-state index in [2.05, 4.69) is 25.3 Å². The fourth-order valence-corrected chi connectivity index (χ4v) is 6.33. The van der Waals surface area contributed by atoms with Crippen molar-refractivity contribution in [3.05, 3.63) is 66.4 Å². The number of hydrogen-bond acceptors (Lipinski definition) is 7. The minimum Gasteiger partial charge on any atom is -0.349 e. The molecule has 2 aliphatic heterocycles. The molecule has 1 aromatic carbocycles. The highest BCUT2D eigenvalue weighted by Crippen LogP contribution is 2.48. The molecular formula is C22H18F4N6O3S. The summed E-state index contributed by atoms with van der Waals surface area (Å²) >= 11 is 0. The molecule has 2 bridgehead atoms. The van der Waals surface area contributed by atoms with E-state index < -0.39 is 39.8 Å². The van der Waals surface area contributed by atoms with Gasteiger partial charge in [0.25, 0.3) is 0 Å². The number of benzene rings is 1. The number of hydrogen-bond donors (Lipinski definition) is 1. The molecular weight excluding hydrogens is 504 g/mol. The van der Waals surface area contributed by atoms with Crippen LogP contribution in [0.1, 0.15) is 24.4 Å². The molecule has 1 aliphatic carbocycles. The third-order valence-corrected chi connectivity index (χ3v) is 8.20. The summed E-state index contributed by atoms with van der Waals surface area (Å²) in [6.45, 7) is -0.0613. The van der Waals surface area contributed by atoms with Gasteiger partial charge < -0.3 is 5.32 Å². The fourth-order valence-electron chi connectivity index (χ4n) is 4.48. The Morgan fingerprint density at radius 3 is 2.36 bits per heavy atom. The summed E-state index contributed by atoms with van der Waals surface area (Å²) in [6, 6.07) is 4.70. The van der Waals surface area contributed by atoms with Gasteiger partial charge in [-0.3, -0.25) is 4.79 Å². The first-order valence-corrected chi connectivity index (χ1v) is 12.3. The molecule has 4 heterocycles. The summed E-state index contributed by atoms with van der Waals surface area (Å²) in [5.41, 5.74) is 0.837. The van der Waals surface area contributed by atoms with Gasteiger partial charge >= 0.3 is 6.18 Å². The predicted octanol–water partition coefficient (Wildman–Crippen LogP) is 2.56. The third-order valence-electron chi connectivity index (χ3n) is 6.26. The molecule has 3 aliphatic rings. The summed E-state index contributed by atoms with van der Waals surface area (Å²) in [4.78, 5) is 27.6. The van der Waals surface area contributed by atoms with E-state index >= 15 is 0 Å². The lowest BCUT2D eigenvalue weighted by Crippen LogP contribution is -2.46. The van der Waals surface area contributed by atoms with E-state index in [0.29, 0.717) is 18.5 Å². The molecule has 2 aromatic heterocycles. The van der Waals surface area contributed by atoms with Gasteiger partial charge in [0.15, 0.2) is 0 Å². The van der Waals surface area contributed by atoms with Gasteiger partial charge in [0.2, 0.25) is 21.8 Å². The highest BCUT2D eigenvalue weighted by atomic mass is 32.2. The zero-order valence-electron chi connectivity index (χ0n) is 18.4. The van der Waals surface area contributed by atoms with Crippen LogP contribution in [-0.2, 0) is 27.5 Å². The van der Waals surface area contributed by atoms with Crippen LogP contribution in [0.25, 0.3) is 11.3 Å². The van der Waals surface area contributed by atoms with E-state index in [1.54, 1.807) is 0 Å². The lowest BCUT2D eigenvalue weighted by Gasteiger charge is -2.25. The minimum absolute atomic E-state index is 0.0613. The Labute approximate surface area is 202 Å². The number of nitrogens with zero attached hydrogens (tertiary/aromatic N) is 5. The van der Waals surface area contributed by atoms with Crippen LogP contribution in [0.4, 0.5) is 17.6 Å². The second kappa shape index (κ2) is 8.85. The zero-order chi connectivity index (χ0) is 25.7. The van der Waals surface area contributed by atoms with Crippen LogP contribution < -0.4 is 5.32 Å². The second-order valence-electron chi connectivity index (χ2n) is 8.52. The molecule has 2 saturated heterocycles. The number of aromatic nitrogens is 4. The van der Waals surface area contributed by atoms with E-state index in [1.807, 2.05) is 0 Å². The SMILES string of the molecule is O=C(NCc1cc(-c2cnc(C(F)(F)F)nc2)ncn1)[C@@H]1C2CC(C2)N1S(=O)(=O)c1ccc(F)cc1. The molecule has 36 heavy (non-hydrogen) atoms. The smallest absolute Gasteiger partial charge is 0.349 e. The average molecular weight is 522 g/mol. The lowest BCUT2D eigenvalue weighted by atomic mass is 9.83. The molecule has 3 aromatic rings. The van der Waals surface area contributed by atoms with Crippen molar-refractivity contribution in [2.75, 3.05) is 0 Å². The van der Waals surface area contributed by atoms with Crippen LogP contribution in [0.2, 0.25) is 0 Å². The van der Waals surface area contributed by atoms with Crippen molar-refractivity contribution in [2.45, 2.75) is 42.5 Å². The van der Waals surface area contributed by atoms with Crippen molar-refractivity contribution in [3.8, 4) is 11.3 Å². The molecule has 14 heteroatoms. The number of amides is 1. The molecule has 3 fully saturated rings. The van der Waals surface area contributed by atoms with Gasteiger partial charge in [-0.15, -0.1) is 0 Å². The maximum atomic E-state index is 13.3. The highest BCUT2D eigenvalue weighted by molar-refractivity contribution is 7.89. The van der Waals surface area contributed by atoms with Crippen LogP contribution >= 0.6 is 0 Å². The van der Waals surface area contributed by atoms with E-state index in [0.717, 1.165) is 24.5 Å². The van der Waals surface area contributed by atoms with Crippen LogP contribution in [0.15, 0.2) is 53.9 Å². The first-order chi connectivity index (χ1) is 17.0. The molecule has 188 valence electrons. The van der Waals surface area contributed by atoms with Crippen LogP contribution in [-0.4, -0.2) is 50.6 Å². The molecule has 0 radical (unpaired) electrons. The van der Waals surface area contributed by atoms with Gasteiger partial charge in [-0.05, 0) is 49.1 Å². The van der Waals surface area contributed by atoms with Gasteiger partial charge in [0.05, 0.1) is 22.8 Å². The van der Waals surface area contributed by atoms with Crippen LogP contribution in [0, 0.1) is 11.7 Å². The number of carbonyl (C=O) groups is 1.